The van der Waals surface area contributed by atoms with Crippen molar-refractivity contribution in [2.24, 2.45) is 0 Å². The Hall–Kier alpha value is 0.0969. The molecule has 0 rings (SSSR count). The Morgan fingerprint density at radius 3 is 2.07 bits per heavy atom. The molecule has 3 nitrogen and oxygen atoms in total. The van der Waals surface area contributed by atoms with E-state index in [1.165, 1.54) is 0 Å². The van der Waals surface area contributed by atoms with E-state index in [1.807, 2.05) is 0 Å². The van der Waals surface area contributed by atoms with Crippen molar-refractivity contribution in [2.45, 2.75) is 58.0 Å². The van der Waals surface area contributed by atoms with Crippen molar-refractivity contribution in [2.75, 3.05) is 6.61 Å². The summed E-state index contributed by atoms with van der Waals surface area (Å²) in [5.41, 5.74) is 0. The third kappa shape index (κ3) is 5.10. The summed E-state index contributed by atoms with van der Waals surface area (Å²) < 4.78 is 5.86. The highest BCUT2D eigenvalue weighted by Gasteiger charge is 2.36. The minimum atomic E-state index is -1.64. The Kier molecular flexibility index (Phi) is 5.29. The van der Waals surface area contributed by atoms with Gasteiger partial charge < -0.3 is 14.6 Å². The largest absolute Gasteiger partial charge is 0.417 e. The summed E-state index contributed by atoms with van der Waals surface area (Å²) in [5.74, 6) is 0. The fourth-order valence-corrected chi connectivity index (χ4v) is 1.90. The lowest BCUT2D eigenvalue weighted by molar-refractivity contribution is -0.0482. The van der Waals surface area contributed by atoms with E-state index < -0.39 is 14.6 Å². The molecule has 0 aliphatic rings. The molecule has 0 radical (unpaired) electrons. The molecular formula is C10H24O3Si. The minimum absolute atomic E-state index is 0.227. The molecule has 14 heavy (non-hydrogen) atoms. The molecule has 0 heterocycles. The van der Waals surface area contributed by atoms with Crippen LogP contribution < -0.4 is 0 Å². The van der Waals surface area contributed by atoms with E-state index >= 15 is 0 Å². The van der Waals surface area contributed by atoms with E-state index in [2.05, 4.69) is 33.9 Å². The van der Waals surface area contributed by atoms with Gasteiger partial charge in [0.25, 0.3) is 0 Å². The summed E-state index contributed by atoms with van der Waals surface area (Å²) in [6.45, 7) is 11.6. The lowest BCUT2D eigenvalue weighted by Gasteiger charge is -2.36. The van der Waals surface area contributed by atoms with Gasteiger partial charge in [0, 0.05) is 13.0 Å². The lowest BCUT2D eigenvalue weighted by atomic mass is 10.2. The number of rotatable bonds is 5. The van der Waals surface area contributed by atoms with Crippen molar-refractivity contribution in [3.63, 3.8) is 0 Å². The standard InChI is InChI=1S/C10H24O3Si/c1-10(2,3)14(4,5)13-8-6-7-9(11)12/h9,11-12H,6-8H2,1-5H3. The first-order valence-electron chi connectivity index (χ1n) is 5.17. The summed E-state index contributed by atoms with van der Waals surface area (Å²) >= 11 is 0. The zero-order valence-corrected chi connectivity index (χ0v) is 11.0. The zero-order valence-electron chi connectivity index (χ0n) is 10.0. The van der Waals surface area contributed by atoms with E-state index in [0.717, 1.165) is 0 Å². The van der Waals surface area contributed by atoms with Crippen LogP contribution in [0.2, 0.25) is 18.1 Å². The molecule has 0 aromatic heterocycles. The highest BCUT2D eigenvalue weighted by Crippen LogP contribution is 2.36. The average Bonchev–Trinajstić information content (AvgIpc) is 1.95. The molecule has 0 saturated carbocycles. The minimum Gasteiger partial charge on any atom is -0.417 e. The van der Waals surface area contributed by atoms with Gasteiger partial charge in [-0.1, -0.05) is 20.8 Å². The van der Waals surface area contributed by atoms with Crippen molar-refractivity contribution < 1.29 is 14.6 Å². The van der Waals surface area contributed by atoms with Gasteiger partial charge in [0.15, 0.2) is 14.6 Å². The molecule has 0 aromatic carbocycles. The van der Waals surface area contributed by atoms with Crippen molar-refractivity contribution in [1.82, 2.24) is 0 Å². The topological polar surface area (TPSA) is 49.7 Å². The van der Waals surface area contributed by atoms with E-state index in [4.69, 9.17) is 14.6 Å². The van der Waals surface area contributed by atoms with Gasteiger partial charge in [-0.25, -0.2) is 0 Å². The Labute approximate surface area is 88.2 Å². The molecule has 2 N–H and O–H groups in total. The van der Waals surface area contributed by atoms with Gasteiger partial charge in [-0.3, -0.25) is 0 Å². The van der Waals surface area contributed by atoms with Gasteiger partial charge in [0.2, 0.25) is 0 Å². The maximum absolute atomic E-state index is 8.65. The Morgan fingerprint density at radius 1 is 1.21 bits per heavy atom. The smallest absolute Gasteiger partial charge is 0.191 e. The average molecular weight is 220 g/mol. The van der Waals surface area contributed by atoms with Crippen LogP contribution in [-0.4, -0.2) is 31.4 Å². The number of hydrogen-bond donors (Lipinski definition) is 2. The summed E-state index contributed by atoms with van der Waals surface area (Å²) in [6.07, 6.45) is -0.0864. The van der Waals surface area contributed by atoms with Crippen LogP contribution in [-0.2, 0) is 4.43 Å². The predicted molar refractivity (Wildman–Crippen MR) is 60.6 cm³/mol. The van der Waals surface area contributed by atoms with Gasteiger partial charge in [-0.2, -0.15) is 0 Å². The molecule has 0 fully saturated rings. The second-order valence-electron chi connectivity index (χ2n) is 5.23. The maximum Gasteiger partial charge on any atom is 0.191 e. The highest BCUT2D eigenvalue weighted by atomic mass is 28.4. The van der Waals surface area contributed by atoms with E-state index in [9.17, 15) is 0 Å². The van der Waals surface area contributed by atoms with Crippen molar-refractivity contribution in [1.29, 1.82) is 0 Å². The molecular weight excluding hydrogens is 196 g/mol. The molecule has 0 spiro atoms. The zero-order chi connectivity index (χ0) is 11.4. The van der Waals surface area contributed by atoms with Gasteiger partial charge in [0.05, 0.1) is 0 Å². The van der Waals surface area contributed by atoms with Crippen molar-refractivity contribution in [3.05, 3.63) is 0 Å². The lowest BCUT2D eigenvalue weighted by Crippen LogP contribution is -2.41. The Morgan fingerprint density at radius 2 is 1.71 bits per heavy atom. The summed E-state index contributed by atoms with van der Waals surface area (Å²) in [5, 5.41) is 17.5. The molecule has 4 heteroatoms. The second kappa shape index (κ2) is 5.26. The van der Waals surface area contributed by atoms with E-state index in [0.29, 0.717) is 19.4 Å². The maximum atomic E-state index is 8.65. The first-order valence-corrected chi connectivity index (χ1v) is 8.08. The molecule has 0 aliphatic carbocycles. The molecule has 0 aromatic rings. The molecule has 0 atom stereocenters. The molecule has 0 amide bonds. The highest BCUT2D eigenvalue weighted by molar-refractivity contribution is 6.74. The van der Waals surface area contributed by atoms with Crippen molar-refractivity contribution in [3.8, 4) is 0 Å². The molecule has 86 valence electrons. The quantitative estimate of drug-likeness (QED) is 0.424. The first-order chi connectivity index (χ1) is 6.17. The number of aliphatic hydroxyl groups excluding tert-OH is 1. The van der Waals surface area contributed by atoms with Crippen LogP contribution in [0.4, 0.5) is 0 Å². The fourth-order valence-electron chi connectivity index (χ4n) is 0.810. The first kappa shape index (κ1) is 14.1. The SMILES string of the molecule is CC(C)(C)[Si](C)(C)OCCCC(O)O. The molecule has 0 saturated heterocycles. The van der Waals surface area contributed by atoms with Crippen LogP contribution in [0.25, 0.3) is 0 Å². The van der Waals surface area contributed by atoms with Gasteiger partial charge in [0.1, 0.15) is 0 Å². The van der Waals surface area contributed by atoms with E-state index in [-0.39, 0.29) is 5.04 Å². The van der Waals surface area contributed by atoms with Gasteiger partial charge in [-0.15, -0.1) is 0 Å². The normalized spacial score (nSPS) is 13.7. The Balaban J connectivity index is 3.78. The predicted octanol–water partition coefficient (Wildman–Crippen LogP) is 2.10. The molecule has 0 aliphatic heterocycles. The Bertz CT molecular complexity index is 161. The third-order valence-corrected chi connectivity index (χ3v) is 7.41. The molecule has 0 unspecified atom stereocenters. The third-order valence-electron chi connectivity index (χ3n) is 2.88. The second-order valence-corrected chi connectivity index (χ2v) is 10.0. The van der Waals surface area contributed by atoms with Crippen LogP contribution in [0, 0.1) is 0 Å². The number of aliphatic hydroxyl groups is 2. The van der Waals surface area contributed by atoms with Crippen LogP contribution in [0.5, 0.6) is 0 Å². The number of hydrogen-bond acceptors (Lipinski definition) is 3. The summed E-state index contributed by atoms with van der Waals surface area (Å²) in [4.78, 5) is 0. The van der Waals surface area contributed by atoms with Gasteiger partial charge >= 0.3 is 0 Å². The monoisotopic (exact) mass is 220 g/mol. The van der Waals surface area contributed by atoms with Crippen molar-refractivity contribution >= 4 is 8.32 Å². The molecule has 0 bridgehead atoms. The summed E-state index contributed by atoms with van der Waals surface area (Å²) in [6, 6.07) is 0. The van der Waals surface area contributed by atoms with E-state index in [1.54, 1.807) is 0 Å². The van der Waals surface area contributed by atoms with Crippen LogP contribution in [0.1, 0.15) is 33.6 Å². The summed E-state index contributed by atoms with van der Waals surface area (Å²) in [7, 11) is -1.64. The van der Waals surface area contributed by atoms with Crippen LogP contribution in [0.3, 0.4) is 0 Å². The van der Waals surface area contributed by atoms with Gasteiger partial charge in [-0.05, 0) is 24.6 Å². The van der Waals surface area contributed by atoms with Crippen LogP contribution >= 0.6 is 0 Å². The fraction of sp³-hybridized carbons (Fsp3) is 1.00. The van der Waals surface area contributed by atoms with Crippen LogP contribution in [0.15, 0.2) is 0 Å².